The molecule has 14 heteroatoms. The summed E-state index contributed by atoms with van der Waals surface area (Å²) in [5.41, 5.74) is 0.169. The summed E-state index contributed by atoms with van der Waals surface area (Å²) in [6, 6.07) is 13.0. The third-order valence-electron chi connectivity index (χ3n) is 6.68. The maximum Gasteiger partial charge on any atom is 0.281 e. The van der Waals surface area contributed by atoms with Crippen LogP contribution >= 0.6 is 45.9 Å². The molecule has 216 valence electrons. The molecule has 0 unspecified atom stereocenters. The van der Waals surface area contributed by atoms with Gasteiger partial charge < -0.3 is 15.0 Å². The lowest BCUT2D eigenvalue weighted by Gasteiger charge is -2.32. The number of carbonyl (C=O) groups is 1. The van der Waals surface area contributed by atoms with Crippen molar-refractivity contribution in [3.05, 3.63) is 101 Å². The van der Waals surface area contributed by atoms with E-state index in [2.05, 4.69) is 15.4 Å². The Hall–Kier alpha value is -3.55. The van der Waals surface area contributed by atoms with Crippen LogP contribution in [0.15, 0.2) is 64.9 Å². The summed E-state index contributed by atoms with van der Waals surface area (Å²) in [7, 11) is 0. The van der Waals surface area contributed by atoms with Crippen LogP contribution in [-0.4, -0.2) is 51.5 Å². The van der Waals surface area contributed by atoms with Gasteiger partial charge in [-0.3, -0.25) is 14.2 Å². The number of anilines is 2. The number of rotatable bonds is 8. The van der Waals surface area contributed by atoms with Crippen LogP contribution in [-0.2, 0) is 17.8 Å². The van der Waals surface area contributed by atoms with Crippen molar-refractivity contribution < 1.29 is 13.9 Å². The number of thiazole rings is 1. The largest absolute Gasteiger partial charge is 0.378 e. The summed E-state index contributed by atoms with van der Waals surface area (Å²) < 4.78 is 25.2. The first-order valence-corrected chi connectivity index (χ1v) is 15.4. The average molecular weight is 646 g/mol. The number of pyridine rings is 1. The van der Waals surface area contributed by atoms with E-state index in [9.17, 15) is 9.59 Å². The minimum Gasteiger partial charge on any atom is -0.378 e. The second-order valence-electron chi connectivity index (χ2n) is 9.29. The molecule has 0 amide bonds. The van der Waals surface area contributed by atoms with Gasteiger partial charge in [-0.1, -0.05) is 35.3 Å². The van der Waals surface area contributed by atoms with Gasteiger partial charge in [-0.25, -0.2) is 9.37 Å². The molecule has 1 aromatic carbocycles. The fourth-order valence-corrected chi connectivity index (χ4v) is 6.57. The number of aromatic nitrogens is 4. The maximum atomic E-state index is 16.5. The van der Waals surface area contributed by atoms with Gasteiger partial charge >= 0.3 is 0 Å². The smallest absolute Gasteiger partial charge is 0.281 e. The van der Waals surface area contributed by atoms with Gasteiger partial charge in [0.2, 0.25) is 0 Å². The Morgan fingerprint density at radius 1 is 1.10 bits per heavy atom. The Bertz CT molecular complexity index is 1800. The topological polar surface area (TPSA) is 94.3 Å². The first kappa shape index (κ1) is 28.6. The quantitative estimate of drug-likeness (QED) is 0.226. The van der Waals surface area contributed by atoms with Crippen molar-refractivity contribution in [3.8, 4) is 11.3 Å². The SMILES string of the molecule is O=C(c1ccccc1Cl)n1nc(-c2ccc(=O)n(Cc3nccs3)c2N2CCOCC2)c(F)c1NCc1ccc(Cl)s1. The number of hydrogen-bond donors (Lipinski definition) is 1. The van der Waals surface area contributed by atoms with Crippen LogP contribution in [0.3, 0.4) is 0 Å². The molecular formula is C28H23Cl2FN6O3S2. The first-order valence-electron chi connectivity index (χ1n) is 12.9. The van der Waals surface area contributed by atoms with E-state index >= 15 is 4.39 Å². The minimum absolute atomic E-state index is 0.0866. The maximum absolute atomic E-state index is 16.5. The van der Waals surface area contributed by atoms with Gasteiger partial charge in [-0.15, -0.1) is 22.7 Å². The average Bonchev–Trinajstić information content (AvgIpc) is 3.74. The molecule has 0 atom stereocenters. The highest BCUT2D eigenvalue weighted by molar-refractivity contribution is 7.16. The van der Waals surface area contributed by atoms with Crippen molar-refractivity contribution in [3.63, 3.8) is 0 Å². The molecule has 5 heterocycles. The van der Waals surface area contributed by atoms with Gasteiger partial charge in [0.05, 0.1) is 41.2 Å². The normalized spacial score (nSPS) is 13.5. The molecule has 1 saturated heterocycles. The Morgan fingerprint density at radius 3 is 2.62 bits per heavy atom. The summed E-state index contributed by atoms with van der Waals surface area (Å²) in [5.74, 6) is -1.01. The molecule has 0 bridgehead atoms. The number of ether oxygens (including phenoxy) is 1. The van der Waals surface area contributed by atoms with Crippen molar-refractivity contribution >= 4 is 63.4 Å². The molecule has 9 nitrogen and oxygen atoms in total. The standard InChI is InChI=1S/C28H23Cl2FN6O3S2/c29-20-4-2-1-3-18(20)28(39)37-26(33-15-17-5-7-21(30)42-17)24(31)25(34-37)19-6-8-23(38)36(16-22-32-9-14-41-22)27(19)35-10-12-40-13-11-35/h1-9,14,33H,10-13,15-16H2. The summed E-state index contributed by atoms with van der Waals surface area (Å²) in [6.45, 7) is 2.26. The lowest BCUT2D eigenvalue weighted by atomic mass is 10.1. The van der Waals surface area contributed by atoms with Crippen LogP contribution in [0.4, 0.5) is 16.0 Å². The van der Waals surface area contributed by atoms with Gasteiger partial charge in [0.25, 0.3) is 11.5 Å². The van der Waals surface area contributed by atoms with Gasteiger partial charge in [0.1, 0.15) is 16.5 Å². The molecule has 0 aliphatic carbocycles. The number of nitrogens with zero attached hydrogens (tertiary/aromatic N) is 5. The second kappa shape index (κ2) is 12.4. The zero-order valence-corrected chi connectivity index (χ0v) is 25.1. The molecule has 0 radical (unpaired) electrons. The molecule has 1 fully saturated rings. The van der Waals surface area contributed by atoms with Gasteiger partial charge in [-0.05, 0) is 30.3 Å². The minimum atomic E-state index is -0.744. The van der Waals surface area contributed by atoms with E-state index in [0.29, 0.717) is 42.0 Å². The lowest BCUT2D eigenvalue weighted by Crippen LogP contribution is -2.40. The fourth-order valence-electron chi connectivity index (χ4n) is 4.73. The third-order valence-corrected chi connectivity index (χ3v) is 9.01. The van der Waals surface area contributed by atoms with Crippen molar-refractivity contribution in [2.24, 2.45) is 0 Å². The Morgan fingerprint density at radius 2 is 1.90 bits per heavy atom. The van der Waals surface area contributed by atoms with E-state index in [4.69, 9.17) is 27.9 Å². The van der Waals surface area contributed by atoms with Crippen molar-refractivity contribution in [1.29, 1.82) is 0 Å². The summed E-state index contributed by atoms with van der Waals surface area (Å²) in [4.78, 5) is 34.1. The highest BCUT2D eigenvalue weighted by atomic mass is 35.5. The van der Waals surface area contributed by atoms with Crippen molar-refractivity contribution in [2.75, 3.05) is 36.5 Å². The van der Waals surface area contributed by atoms with Gasteiger partial charge in [-0.2, -0.15) is 9.78 Å². The highest BCUT2D eigenvalue weighted by Gasteiger charge is 2.29. The van der Waals surface area contributed by atoms with Crippen LogP contribution in [0.2, 0.25) is 9.36 Å². The molecule has 4 aromatic heterocycles. The zero-order valence-electron chi connectivity index (χ0n) is 21.9. The van der Waals surface area contributed by atoms with Crippen LogP contribution in [0.1, 0.15) is 20.2 Å². The van der Waals surface area contributed by atoms with Crippen LogP contribution in [0.25, 0.3) is 11.3 Å². The third kappa shape index (κ3) is 5.72. The number of carbonyl (C=O) groups excluding carboxylic acids is 1. The number of morpholine rings is 1. The van der Waals surface area contributed by atoms with Crippen molar-refractivity contribution in [2.45, 2.75) is 13.1 Å². The molecule has 1 aliphatic heterocycles. The first-order chi connectivity index (χ1) is 20.4. The molecule has 0 spiro atoms. The molecular weight excluding hydrogens is 622 g/mol. The molecule has 1 aliphatic rings. The number of hydrogen-bond acceptors (Lipinski definition) is 9. The van der Waals surface area contributed by atoms with Gasteiger partial charge in [0, 0.05) is 41.2 Å². The Balaban J connectivity index is 1.51. The van der Waals surface area contributed by atoms with Crippen LogP contribution in [0, 0.1) is 5.82 Å². The summed E-state index contributed by atoms with van der Waals surface area (Å²) in [5, 5.41) is 10.3. The number of thiophene rings is 1. The molecule has 0 saturated carbocycles. The summed E-state index contributed by atoms with van der Waals surface area (Å²) >= 11 is 15.2. The van der Waals surface area contributed by atoms with E-state index in [1.807, 2.05) is 16.3 Å². The predicted molar refractivity (Wildman–Crippen MR) is 164 cm³/mol. The van der Waals surface area contributed by atoms with E-state index in [0.717, 1.165) is 14.6 Å². The zero-order chi connectivity index (χ0) is 29.2. The fraction of sp³-hybridized carbons (Fsp3) is 0.214. The van der Waals surface area contributed by atoms with Crippen LogP contribution in [0.5, 0.6) is 0 Å². The molecule has 5 aromatic rings. The predicted octanol–water partition coefficient (Wildman–Crippen LogP) is 5.86. The Kier molecular flexibility index (Phi) is 8.41. The monoisotopic (exact) mass is 644 g/mol. The second-order valence-corrected chi connectivity index (χ2v) is 12.5. The van der Waals surface area contributed by atoms with E-state index < -0.39 is 11.7 Å². The number of benzene rings is 1. The van der Waals surface area contributed by atoms with E-state index in [1.165, 1.54) is 28.7 Å². The van der Waals surface area contributed by atoms with Gasteiger partial charge in [0.15, 0.2) is 11.6 Å². The molecule has 1 N–H and O–H groups in total. The van der Waals surface area contributed by atoms with Crippen molar-refractivity contribution in [1.82, 2.24) is 19.3 Å². The number of nitrogens with one attached hydrogen (secondary N) is 1. The summed E-state index contributed by atoms with van der Waals surface area (Å²) in [6.07, 6.45) is 1.67. The highest BCUT2D eigenvalue weighted by Crippen LogP contribution is 2.36. The van der Waals surface area contributed by atoms with E-state index in [1.54, 1.807) is 47.2 Å². The Labute approximate surface area is 257 Å². The molecule has 6 rings (SSSR count). The lowest BCUT2D eigenvalue weighted by molar-refractivity contribution is 0.0947. The van der Waals surface area contributed by atoms with E-state index in [-0.39, 0.29) is 40.7 Å². The van der Waals surface area contributed by atoms with Crippen LogP contribution < -0.4 is 15.8 Å². The number of halogens is 3. The molecule has 42 heavy (non-hydrogen) atoms.